The molecule has 0 bridgehead atoms. The number of hydrogen-bond acceptors (Lipinski definition) is 3. The number of rotatable bonds is 3. The summed E-state index contributed by atoms with van der Waals surface area (Å²) in [5, 5.41) is 8.91. The number of hydrogen-bond donors (Lipinski definition) is 1. The predicted molar refractivity (Wildman–Crippen MR) is 60.3 cm³/mol. The van der Waals surface area contributed by atoms with Gasteiger partial charge in [-0.25, -0.2) is 0 Å². The van der Waals surface area contributed by atoms with Gasteiger partial charge in [0.1, 0.15) is 0 Å². The maximum absolute atomic E-state index is 11.8. The minimum Gasteiger partial charge on any atom is -0.481 e. The van der Waals surface area contributed by atoms with Gasteiger partial charge in [0, 0.05) is 27.1 Å². The molecule has 0 radical (unpaired) electrons. The fourth-order valence-corrected chi connectivity index (χ4v) is 1.82. The molecule has 1 saturated heterocycles. The lowest BCUT2D eigenvalue weighted by Crippen LogP contribution is -2.46. The molecule has 0 aromatic rings. The van der Waals surface area contributed by atoms with Crippen molar-refractivity contribution < 1.29 is 19.5 Å². The maximum Gasteiger partial charge on any atom is 0.308 e. The van der Waals surface area contributed by atoms with Crippen LogP contribution < -0.4 is 0 Å². The largest absolute Gasteiger partial charge is 0.481 e. The summed E-state index contributed by atoms with van der Waals surface area (Å²) in [6, 6.07) is 0. The molecule has 2 amide bonds. The number of carbonyl (C=O) groups is 3. The van der Waals surface area contributed by atoms with Crippen LogP contribution in [0.1, 0.15) is 19.8 Å². The average Bonchev–Trinajstić information content (AvgIpc) is 2.28. The van der Waals surface area contributed by atoms with E-state index in [4.69, 9.17) is 5.11 Å². The second-order valence-electron chi connectivity index (χ2n) is 4.39. The Morgan fingerprint density at radius 1 is 1.41 bits per heavy atom. The summed E-state index contributed by atoms with van der Waals surface area (Å²) < 4.78 is 0. The number of amides is 2. The summed E-state index contributed by atoms with van der Waals surface area (Å²) >= 11 is 0. The Hall–Kier alpha value is -1.59. The van der Waals surface area contributed by atoms with Crippen LogP contribution >= 0.6 is 0 Å². The molecule has 1 aliphatic heterocycles. The van der Waals surface area contributed by atoms with Crippen LogP contribution in [0.5, 0.6) is 0 Å². The number of aliphatic carboxylic acids is 1. The molecule has 1 rings (SSSR count). The Morgan fingerprint density at radius 2 is 2.06 bits per heavy atom. The standard InChI is InChI=1S/C11H18N2O4/c1-8(14)12(2)7-10(15)13-5-3-4-9(6-13)11(16)17/h9H,3-7H2,1-2H3,(H,16,17)/t9-/m0/s1. The van der Waals surface area contributed by atoms with Crippen molar-refractivity contribution in [1.82, 2.24) is 9.80 Å². The van der Waals surface area contributed by atoms with E-state index in [9.17, 15) is 14.4 Å². The molecule has 6 heteroatoms. The number of likely N-dealkylation sites (tertiary alicyclic amines) is 1. The van der Waals surface area contributed by atoms with E-state index < -0.39 is 11.9 Å². The van der Waals surface area contributed by atoms with Gasteiger partial charge in [0.25, 0.3) is 0 Å². The van der Waals surface area contributed by atoms with Crippen molar-refractivity contribution in [2.75, 3.05) is 26.7 Å². The quantitative estimate of drug-likeness (QED) is 0.742. The topological polar surface area (TPSA) is 77.9 Å². The zero-order valence-corrected chi connectivity index (χ0v) is 10.2. The van der Waals surface area contributed by atoms with Gasteiger partial charge in [0.05, 0.1) is 12.5 Å². The fourth-order valence-electron chi connectivity index (χ4n) is 1.82. The Morgan fingerprint density at radius 3 is 2.59 bits per heavy atom. The molecule has 0 saturated carbocycles. The molecule has 1 aliphatic rings. The van der Waals surface area contributed by atoms with Crippen molar-refractivity contribution in [1.29, 1.82) is 0 Å². The molecule has 0 spiro atoms. The van der Waals surface area contributed by atoms with E-state index in [1.807, 2.05) is 0 Å². The zero-order chi connectivity index (χ0) is 13.0. The van der Waals surface area contributed by atoms with Crippen LogP contribution in [-0.2, 0) is 14.4 Å². The minimum absolute atomic E-state index is 0.0155. The Bertz CT molecular complexity index is 329. The third-order valence-corrected chi connectivity index (χ3v) is 3.03. The molecule has 1 N–H and O–H groups in total. The van der Waals surface area contributed by atoms with Crippen molar-refractivity contribution in [3.05, 3.63) is 0 Å². The molecule has 96 valence electrons. The lowest BCUT2D eigenvalue weighted by atomic mass is 9.98. The van der Waals surface area contributed by atoms with Gasteiger partial charge in [-0.05, 0) is 12.8 Å². The highest BCUT2D eigenvalue weighted by Crippen LogP contribution is 2.16. The van der Waals surface area contributed by atoms with Gasteiger partial charge in [-0.3, -0.25) is 14.4 Å². The summed E-state index contributed by atoms with van der Waals surface area (Å²) in [4.78, 5) is 36.5. The van der Waals surface area contributed by atoms with Gasteiger partial charge in [-0.1, -0.05) is 0 Å². The summed E-state index contributed by atoms with van der Waals surface area (Å²) in [5.41, 5.74) is 0. The molecule has 17 heavy (non-hydrogen) atoms. The van der Waals surface area contributed by atoms with Gasteiger partial charge in [-0.2, -0.15) is 0 Å². The molecular formula is C11H18N2O4. The second-order valence-corrected chi connectivity index (χ2v) is 4.39. The predicted octanol–water partition coefficient (Wildman–Crippen LogP) is -0.212. The van der Waals surface area contributed by atoms with E-state index in [0.29, 0.717) is 19.4 Å². The van der Waals surface area contributed by atoms with Crippen LogP contribution in [0.4, 0.5) is 0 Å². The van der Waals surface area contributed by atoms with Crippen LogP contribution in [-0.4, -0.2) is 59.4 Å². The van der Waals surface area contributed by atoms with Gasteiger partial charge in [0.15, 0.2) is 0 Å². The summed E-state index contributed by atoms with van der Waals surface area (Å²) in [7, 11) is 1.55. The second kappa shape index (κ2) is 5.65. The first-order valence-electron chi connectivity index (χ1n) is 5.64. The van der Waals surface area contributed by atoms with E-state index in [2.05, 4.69) is 0 Å². The SMILES string of the molecule is CC(=O)N(C)CC(=O)N1CCC[C@H](C(=O)O)C1. The van der Waals surface area contributed by atoms with Crippen molar-refractivity contribution in [2.24, 2.45) is 5.92 Å². The van der Waals surface area contributed by atoms with Gasteiger partial charge < -0.3 is 14.9 Å². The molecule has 1 fully saturated rings. The van der Waals surface area contributed by atoms with E-state index in [-0.39, 0.29) is 24.9 Å². The van der Waals surface area contributed by atoms with Crippen LogP contribution in [0, 0.1) is 5.92 Å². The first-order valence-corrected chi connectivity index (χ1v) is 5.64. The van der Waals surface area contributed by atoms with Crippen molar-refractivity contribution >= 4 is 17.8 Å². The molecule has 0 aromatic carbocycles. The highest BCUT2D eigenvalue weighted by atomic mass is 16.4. The molecule has 0 aliphatic carbocycles. The summed E-state index contributed by atoms with van der Waals surface area (Å²) in [5.74, 6) is -1.70. The van der Waals surface area contributed by atoms with Gasteiger partial charge >= 0.3 is 5.97 Å². The summed E-state index contributed by atoms with van der Waals surface area (Å²) in [6.45, 7) is 2.24. The number of piperidine rings is 1. The third kappa shape index (κ3) is 3.72. The normalized spacial score (nSPS) is 19.9. The maximum atomic E-state index is 11.8. The highest BCUT2D eigenvalue weighted by molar-refractivity contribution is 5.84. The first kappa shape index (κ1) is 13.5. The number of likely N-dealkylation sites (N-methyl/N-ethyl adjacent to an activating group) is 1. The smallest absolute Gasteiger partial charge is 0.308 e. The lowest BCUT2D eigenvalue weighted by molar-refractivity contribution is -0.147. The van der Waals surface area contributed by atoms with Crippen LogP contribution in [0.3, 0.4) is 0 Å². The monoisotopic (exact) mass is 242 g/mol. The first-order chi connectivity index (χ1) is 7.91. The average molecular weight is 242 g/mol. The molecule has 1 atom stereocenters. The van der Waals surface area contributed by atoms with E-state index in [1.165, 1.54) is 16.7 Å². The summed E-state index contributed by atoms with van der Waals surface area (Å²) in [6.07, 6.45) is 1.31. The Kier molecular flexibility index (Phi) is 4.48. The van der Waals surface area contributed by atoms with E-state index >= 15 is 0 Å². The number of carboxylic acid groups (broad SMARTS) is 1. The fraction of sp³-hybridized carbons (Fsp3) is 0.727. The van der Waals surface area contributed by atoms with Crippen LogP contribution in [0.2, 0.25) is 0 Å². The molecule has 1 heterocycles. The number of nitrogens with zero attached hydrogens (tertiary/aromatic N) is 2. The molecule has 6 nitrogen and oxygen atoms in total. The lowest BCUT2D eigenvalue weighted by Gasteiger charge is -2.31. The number of carboxylic acids is 1. The molecule has 0 unspecified atom stereocenters. The zero-order valence-electron chi connectivity index (χ0n) is 10.2. The van der Waals surface area contributed by atoms with Crippen molar-refractivity contribution in [3.63, 3.8) is 0 Å². The van der Waals surface area contributed by atoms with Crippen molar-refractivity contribution in [3.8, 4) is 0 Å². The van der Waals surface area contributed by atoms with E-state index in [1.54, 1.807) is 7.05 Å². The van der Waals surface area contributed by atoms with Gasteiger partial charge in [-0.15, -0.1) is 0 Å². The third-order valence-electron chi connectivity index (χ3n) is 3.03. The minimum atomic E-state index is -0.859. The molecular weight excluding hydrogens is 224 g/mol. The van der Waals surface area contributed by atoms with E-state index in [0.717, 1.165) is 0 Å². The Balaban J connectivity index is 2.52. The van der Waals surface area contributed by atoms with Crippen LogP contribution in [0.15, 0.2) is 0 Å². The highest BCUT2D eigenvalue weighted by Gasteiger charge is 2.28. The Labute approximate surface area is 100 Å². The van der Waals surface area contributed by atoms with Crippen molar-refractivity contribution in [2.45, 2.75) is 19.8 Å². The molecule has 0 aromatic heterocycles. The number of carbonyl (C=O) groups excluding carboxylic acids is 2. The van der Waals surface area contributed by atoms with Crippen LogP contribution in [0.25, 0.3) is 0 Å². The van der Waals surface area contributed by atoms with Gasteiger partial charge in [0.2, 0.25) is 11.8 Å².